The molecule has 3 aromatic carbocycles. The molecule has 2 aliphatic rings. The van der Waals surface area contributed by atoms with E-state index < -0.39 is 6.17 Å². The molecule has 6 rings (SSSR count). The van der Waals surface area contributed by atoms with E-state index in [0.717, 1.165) is 48.9 Å². The summed E-state index contributed by atoms with van der Waals surface area (Å²) < 4.78 is 21.1. The number of alkyl halides is 1. The van der Waals surface area contributed by atoms with Crippen molar-refractivity contribution < 1.29 is 9.13 Å². The van der Waals surface area contributed by atoms with Gasteiger partial charge in [-0.05, 0) is 89.8 Å². The van der Waals surface area contributed by atoms with Crippen LogP contribution in [0.25, 0.3) is 21.7 Å². The lowest BCUT2D eigenvalue weighted by Gasteiger charge is -2.32. The van der Waals surface area contributed by atoms with Gasteiger partial charge in [0, 0.05) is 18.3 Å². The van der Waals surface area contributed by atoms with Gasteiger partial charge in [-0.25, -0.2) is 4.39 Å². The number of benzene rings is 3. The zero-order chi connectivity index (χ0) is 21.7. The van der Waals surface area contributed by atoms with Crippen molar-refractivity contribution in [1.29, 1.82) is 0 Å². The third-order valence-corrected chi connectivity index (χ3v) is 7.44. The summed E-state index contributed by atoms with van der Waals surface area (Å²) >= 11 is 0. The number of nitrogens with one attached hydrogen (secondary N) is 1. The van der Waals surface area contributed by atoms with Gasteiger partial charge in [0.25, 0.3) is 0 Å². The lowest BCUT2D eigenvalue weighted by Crippen LogP contribution is -2.35. The van der Waals surface area contributed by atoms with Crippen molar-refractivity contribution in [3.05, 3.63) is 83.6 Å². The molecule has 2 saturated heterocycles. The molecule has 2 fully saturated rings. The van der Waals surface area contributed by atoms with E-state index in [1.54, 1.807) is 0 Å². The minimum absolute atomic E-state index is 0.0638. The van der Waals surface area contributed by atoms with E-state index in [0.29, 0.717) is 5.92 Å². The second kappa shape index (κ2) is 8.02. The Morgan fingerprint density at radius 2 is 1.84 bits per heavy atom. The molecule has 0 aliphatic carbocycles. The quantitative estimate of drug-likeness (QED) is 0.377. The maximum Gasteiger partial charge on any atom is 0.154 e. The largest absolute Gasteiger partial charge is 0.366 e. The van der Waals surface area contributed by atoms with Crippen molar-refractivity contribution >= 4 is 21.7 Å². The Morgan fingerprint density at radius 3 is 2.69 bits per heavy atom. The van der Waals surface area contributed by atoms with Crippen molar-refractivity contribution in [2.75, 3.05) is 13.1 Å². The Kier molecular flexibility index (Phi) is 5.00. The summed E-state index contributed by atoms with van der Waals surface area (Å²) in [5.41, 5.74) is 4.52. The van der Waals surface area contributed by atoms with E-state index in [-0.39, 0.29) is 12.2 Å². The topological polar surface area (TPSA) is 31.6 Å². The lowest BCUT2D eigenvalue weighted by atomic mass is 9.89. The molecule has 0 radical (unpaired) electrons. The van der Waals surface area contributed by atoms with Gasteiger partial charge in [0.1, 0.15) is 6.10 Å². The van der Waals surface area contributed by atoms with Crippen LogP contribution in [0, 0.1) is 12.8 Å². The van der Waals surface area contributed by atoms with Crippen LogP contribution in [0.1, 0.15) is 35.7 Å². The first-order valence-corrected chi connectivity index (χ1v) is 11.7. The molecule has 2 aliphatic heterocycles. The summed E-state index contributed by atoms with van der Waals surface area (Å²) in [6.07, 6.45) is 2.78. The fourth-order valence-electron chi connectivity index (χ4n) is 5.62. The summed E-state index contributed by atoms with van der Waals surface area (Å²) in [5, 5.41) is 3.76. The summed E-state index contributed by atoms with van der Waals surface area (Å²) in [6.45, 7) is 5.27. The maximum atomic E-state index is 15.2. The van der Waals surface area contributed by atoms with Crippen LogP contribution in [0.3, 0.4) is 0 Å². The van der Waals surface area contributed by atoms with Crippen LogP contribution in [0.2, 0.25) is 0 Å². The van der Waals surface area contributed by atoms with Crippen molar-refractivity contribution in [3.8, 4) is 0 Å². The molecule has 32 heavy (non-hydrogen) atoms. The highest BCUT2D eigenvalue weighted by Crippen LogP contribution is 2.44. The van der Waals surface area contributed by atoms with Gasteiger partial charge in [-0.15, -0.1) is 0 Å². The first-order chi connectivity index (χ1) is 15.7. The molecule has 3 heterocycles. The van der Waals surface area contributed by atoms with Crippen LogP contribution in [-0.4, -0.2) is 35.2 Å². The molecule has 4 aromatic rings. The molecule has 4 heteroatoms. The lowest BCUT2D eigenvalue weighted by molar-refractivity contribution is 0.156. The Morgan fingerprint density at radius 1 is 1.03 bits per heavy atom. The van der Waals surface area contributed by atoms with Crippen molar-refractivity contribution in [2.45, 2.75) is 44.7 Å². The molecule has 3 atom stereocenters. The van der Waals surface area contributed by atoms with Gasteiger partial charge >= 0.3 is 0 Å². The number of halogens is 1. The van der Waals surface area contributed by atoms with Crippen molar-refractivity contribution in [3.63, 3.8) is 0 Å². The zero-order valence-electron chi connectivity index (χ0n) is 18.4. The normalized spacial score (nSPS) is 23.1. The monoisotopic (exact) mass is 428 g/mol. The molecular weight excluding hydrogens is 399 g/mol. The van der Waals surface area contributed by atoms with E-state index >= 15 is 4.39 Å². The SMILES string of the molecule is Cc1cccc2cccc(CN3CCC(C4OC4C(F)c4ccc5[nH]ccc5c4)CC3)c12. The second-order valence-electron chi connectivity index (χ2n) is 9.50. The summed E-state index contributed by atoms with van der Waals surface area (Å²) in [6, 6.07) is 20.9. The fourth-order valence-corrected chi connectivity index (χ4v) is 5.62. The van der Waals surface area contributed by atoms with Gasteiger partial charge in [0.05, 0.1) is 6.10 Å². The van der Waals surface area contributed by atoms with Gasteiger partial charge in [-0.3, -0.25) is 4.90 Å². The van der Waals surface area contributed by atoms with Crippen LogP contribution in [0.4, 0.5) is 4.39 Å². The van der Waals surface area contributed by atoms with Crippen LogP contribution in [0.5, 0.6) is 0 Å². The number of aromatic nitrogens is 1. The smallest absolute Gasteiger partial charge is 0.154 e. The highest BCUT2D eigenvalue weighted by molar-refractivity contribution is 5.88. The highest BCUT2D eigenvalue weighted by Gasteiger charge is 2.50. The van der Waals surface area contributed by atoms with E-state index in [9.17, 15) is 0 Å². The van der Waals surface area contributed by atoms with Crippen molar-refractivity contribution in [1.82, 2.24) is 9.88 Å². The number of hydrogen-bond donors (Lipinski definition) is 1. The predicted octanol–water partition coefficient (Wildman–Crippen LogP) is 6.32. The Balaban J connectivity index is 1.08. The predicted molar refractivity (Wildman–Crippen MR) is 127 cm³/mol. The number of epoxide rings is 1. The fraction of sp³-hybridized carbons (Fsp3) is 0.357. The minimum Gasteiger partial charge on any atom is -0.366 e. The molecule has 3 nitrogen and oxygen atoms in total. The number of rotatable bonds is 5. The first kappa shape index (κ1) is 20.0. The third kappa shape index (κ3) is 3.62. The van der Waals surface area contributed by atoms with E-state index in [2.05, 4.69) is 53.2 Å². The van der Waals surface area contributed by atoms with E-state index in [1.165, 1.54) is 21.9 Å². The van der Waals surface area contributed by atoms with Crippen molar-refractivity contribution in [2.24, 2.45) is 5.92 Å². The van der Waals surface area contributed by atoms with Crippen LogP contribution < -0.4 is 0 Å². The number of ether oxygens (including phenoxy) is 1. The highest BCUT2D eigenvalue weighted by atomic mass is 19.1. The summed E-state index contributed by atoms with van der Waals surface area (Å²) in [4.78, 5) is 5.71. The Hall–Kier alpha value is -2.69. The minimum atomic E-state index is -1.05. The first-order valence-electron chi connectivity index (χ1n) is 11.7. The molecule has 0 saturated carbocycles. The average molecular weight is 429 g/mol. The number of aryl methyl sites for hydroxylation is 1. The number of piperidine rings is 1. The molecule has 1 N–H and O–H groups in total. The van der Waals surface area contributed by atoms with E-state index in [4.69, 9.17) is 4.74 Å². The van der Waals surface area contributed by atoms with Crippen LogP contribution >= 0.6 is 0 Å². The number of fused-ring (bicyclic) bond motifs is 2. The second-order valence-corrected chi connectivity index (χ2v) is 9.50. The number of hydrogen-bond acceptors (Lipinski definition) is 2. The van der Waals surface area contributed by atoms with Crippen LogP contribution in [-0.2, 0) is 11.3 Å². The summed E-state index contributed by atoms with van der Waals surface area (Å²) in [7, 11) is 0. The van der Waals surface area contributed by atoms with Gasteiger partial charge in [0.2, 0.25) is 0 Å². The van der Waals surface area contributed by atoms with Gasteiger partial charge in [-0.2, -0.15) is 0 Å². The average Bonchev–Trinajstić information content (AvgIpc) is 3.47. The van der Waals surface area contributed by atoms with Gasteiger partial charge < -0.3 is 9.72 Å². The number of H-pyrrole nitrogens is 1. The third-order valence-electron chi connectivity index (χ3n) is 7.44. The van der Waals surface area contributed by atoms with Crippen LogP contribution in [0.15, 0.2) is 66.9 Å². The molecule has 0 spiro atoms. The molecule has 1 aromatic heterocycles. The zero-order valence-corrected chi connectivity index (χ0v) is 18.4. The van der Waals surface area contributed by atoms with E-state index in [1.807, 2.05) is 30.5 Å². The number of likely N-dealkylation sites (tertiary alicyclic amines) is 1. The molecular formula is C28H29FN2O. The Bertz CT molecular complexity index is 1250. The molecule has 0 amide bonds. The molecule has 164 valence electrons. The molecule has 0 bridgehead atoms. The Labute approximate surface area is 188 Å². The number of nitrogens with zero attached hydrogens (tertiary/aromatic N) is 1. The van der Waals surface area contributed by atoms with Gasteiger partial charge in [0.15, 0.2) is 6.17 Å². The number of aromatic amines is 1. The standard InChI is InChI=1S/C28H29FN2O/c1-18-4-2-5-19-6-3-7-23(25(18)19)17-31-14-11-20(12-15-31)27-28(32-27)26(29)22-8-9-24-21(16-22)10-13-30-24/h2-10,13,16,20,26-28,30H,11-12,14-15,17H2,1H3. The molecule has 3 unspecified atom stereocenters. The summed E-state index contributed by atoms with van der Waals surface area (Å²) in [5.74, 6) is 0.458. The maximum absolute atomic E-state index is 15.2. The van der Waals surface area contributed by atoms with Gasteiger partial charge in [-0.1, -0.05) is 42.5 Å².